The van der Waals surface area contributed by atoms with Gasteiger partial charge in [0.25, 0.3) is 0 Å². The Labute approximate surface area is 128 Å². The zero-order valence-corrected chi connectivity index (χ0v) is 12.6. The van der Waals surface area contributed by atoms with E-state index >= 15 is 0 Å². The van der Waals surface area contributed by atoms with Crippen molar-refractivity contribution >= 4 is 10.0 Å². The summed E-state index contributed by atoms with van der Waals surface area (Å²) in [5.74, 6) is -2.11. The minimum Gasteiger partial charge on any atom is -0.207 e. The Morgan fingerprint density at radius 3 is 2.23 bits per heavy atom. The van der Waals surface area contributed by atoms with Crippen LogP contribution in [-0.2, 0) is 10.0 Å². The molecule has 2 aromatic carbocycles. The second kappa shape index (κ2) is 5.78. The van der Waals surface area contributed by atoms with E-state index in [0.717, 1.165) is 23.8 Å². The highest BCUT2D eigenvalue weighted by Crippen LogP contribution is 2.37. The van der Waals surface area contributed by atoms with E-state index in [0.29, 0.717) is 12.8 Å². The molecule has 1 unspecified atom stereocenters. The molecule has 6 heteroatoms. The Morgan fingerprint density at radius 2 is 1.59 bits per heavy atom. The molecular formula is C16H15F2NO2S. The molecule has 0 aliphatic carbocycles. The van der Waals surface area contributed by atoms with E-state index in [1.807, 2.05) is 30.3 Å². The van der Waals surface area contributed by atoms with E-state index in [1.165, 1.54) is 4.31 Å². The Balaban J connectivity index is 2.05. The molecule has 0 saturated carbocycles. The van der Waals surface area contributed by atoms with Crippen LogP contribution < -0.4 is 0 Å². The third-order valence-electron chi connectivity index (χ3n) is 3.87. The lowest BCUT2D eigenvalue weighted by Gasteiger charge is -2.24. The summed E-state index contributed by atoms with van der Waals surface area (Å²) in [5.41, 5.74) is 0.834. The SMILES string of the molecule is O=S(=O)(c1c(F)cccc1F)N1CCCC1c1ccccc1. The van der Waals surface area contributed by atoms with E-state index in [2.05, 4.69) is 0 Å². The summed E-state index contributed by atoms with van der Waals surface area (Å²) in [4.78, 5) is -0.863. The topological polar surface area (TPSA) is 37.4 Å². The molecule has 1 fully saturated rings. The van der Waals surface area contributed by atoms with Crippen LogP contribution in [0.3, 0.4) is 0 Å². The van der Waals surface area contributed by atoms with E-state index in [9.17, 15) is 17.2 Å². The van der Waals surface area contributed by atoms with E-state index < -0.39 is 26.6 Å². The second-order valence-electron chi connectivity index (χ2n) is 5.24. The molecule has 0 amide bonds. The molecule has 2 aromatic rings. The number of hydrogen-bond donors (Lipinski definition) is 0. The minimum absolute atomic E-state index is 0.260. The monoisotopic (exact) mass is 323 g/mol. The van der Waals surface area contributed by atoms with Crippen molar-refractivity contribution in [3.8, 4) is 0 Å². The quantitative estimate of drug-likeness (QED) is 0.867. The fourth-order valence-corrected chi connectivity index (χ4v) is 4.68. The molecule has 0 N–H and O–H groups in total. The summed E-state index contributed by atoms with van der Waals surface area (Å²) < 4.78 is 54.4. The van der Waals surface area contributed by atoms with Crippen LogP contribution in [0.25, 0.3) is 0 Å². The summed E-state index contributed by atoms with van der Waals surface area (Å²) >= 11 is 0. The number of hydrogen-bond acceptors (Lipinski definition) is 2. The number of benzene rings is 2. The normalized spacial score (nSPS) is 19.5. The zero-order valence-electron chi connectivity index (χ0n) is 11.7. The predicted octanol–water partition coefficient (Wildman–Crippen LogP) is 3.49. The number of sulfonamides is 1. The molecule has 3 nitrogen and oxygen atoms in total. The van der Waals surface area contributed by atoms with Gasteiger partial charge in [0, 0.05) is 6.54 Å². The van der Waals surface area contributed by atoms with Gasteiger partial charge in [-0.2, -0.15) is 4.31 Å². The van der Waals surface area contributed by atoms with E-state index in [1.54, 1.807) is 0 Å². The molecule has 3 rings (SSSR count). The zero-order chi connectivity index (χ0) is 15.7. The van der Waals surface area contributed by atoms with Crippen molar-refractivity contribution in [1.29, 1.82) is 0 Å². The van der Waals surface area contributed by atoms with Gasteiger partial charge in [-0.15, -0.1) is 0 Å². The Bertz CT molecular complexity index is 758. The van der Waals surface area contributed by atoms with E-state index in [-0.39, 0.29) is 12.6 Å². The third-order valence-corrected chi connectivity index (χ3v) is 5.83. The molecule has 0 radical (unpaired) electrons. The maximum atomic E-state index is 13.9. The van der Waals surface area contributed by atoms with Crippen molar-refractivity contribution in [2.75, 3.05) is 6.54 Å². The summed E-state index contributed by atoms with van der Waals surface area (Å²) in [7, 11) is -4.21. The first-order valence-electron chi connectivity index (χ1n) is 7.02. The number of nitrogens with zero attached hydrogens (tertiary/aromatic N) is 1. The van der Waals surface area contributed by atoms with Gasteiger partial charge in [0.15, 0.2) is 4.90 Å². The van der Waals surface area contributed by atoms with E-state index in [4.69, 9.17) is 0 Å². The largest absolute Gasteiger partial charge is 0.249 e. The molecule has 1 aliphatic heterocycles. The maximum absolute atomic E-state index is 13.9. The summed E-state index contributed by atoms with van der Waals surface area (Å²) in [6.45, 7) is 0.260. The summed E-state index contributed by atoms with van der Waals surface area (Å²) in [6.07, 6.45) is 1.30. The molecule has 0 bridgehead atoms. The highest BCUT2D eigenvalue weighted by molar-refractivity contribution is 7.89. The van der Waals surface area contributed by atoms with Crippen LogP contribution >= 0.6 is 0 Å². The molecule has 1 atom stereocenters. The lowest BCUT2D eigenvalue weighted by molar-refractivity contribution is 0.389. The highest BCUT2D eigenvalue weighted by atomic mass is 32.2. The molecule has 0 aromatic heterocycles. The van der Waals surface area contributed by atoms with Crippen molar-refractivity contribution < 1.29 is 17.2 Å². The van der Waals surface area contributed by atoms with Crippen LogP contribution in [0.1, 0.15) is 24.4 Å². The second-order valence-corrected chi connectivity index (χ2v) is 7.06. The van der Waals surface area contributed by atoms with Crippen molar-refractivity contribution in [3.63, 3.8) is 0 Å². The van der Waals surface area contributed by atoms with Gasteiger partial charge in [0.2, 0.25) is 10.0 Å². The van der Waals surface area contributed by atoms with Crippen LogP contribution in [-0.4, -0.2) is 19.3 Å². The first-order valence-corrected chi connectivity index (χ1v) is 8.46. The molecule has 116 valence electrons. The van der Waals surface area contributed by atoms with Crippen LogP contribution in [0.15, 0.2) is 53.4 Å². The van der Waals surface area contributed by atoms with Crippen LogP contribution in [0.5, 0.6) is 0 Å². The third kappa shape index (κ3) is 2.53. The van der Waals surface area contributed by atoms with Crippen molar-refractivity contribution in [3.05, 3.63) is 65.7 Å². The van der Waals surface area contributed by atoms with Crippen molar-refractivity contribution in [2.45, 2.75) is 23.8 Å². The average Bonchev–Trinajstić information content (AvgIpc) is 2.98. The number of halogens is 2. The first-order chi connectivity index (χ1) is 10.5. The smallest absolute Gasteiger partial charge is 0.207 e. The van der Waals surface area contributed by atoms with Gasteiger partial charge in [0.05, 0.1) is 6.04 Å². The average molecular weight is 323 g/mol. The Morgan fingerprint density at radius 1 is 0.955 bits per heavy atom. The van der Waals surface area contributed by atoms with Gasteiger partial charge in [-0.1, -0.05) is 36.4 Å². The fraction of sp³-hybridized carbons (Fsp3) is 0.250. The van der Waals surface area contributed by atoms with Gasteiger partial charge >= 0.3 is 0 Å². The van der Waals surface area contributed by atoms with Crippen LogP contribution in [0.2, 0.25) is 0 Å². The fourth-order valence-electron chi connectivity index (χ4n) is 2.88. The van der Waals surface area contributed by atoms with Crippen LogP contribution in [0, 0.1) is 11.6 Å². The van der Waals surface area contributed by atoms with Crippen LogP contribution in [0.4, 0.5) is 8.78 Å². The molecule has 22 heavy (non-hydrogen) atoms. The molecule has 1 heterocycles. The molecular weight excluding hydrogens is 308 g/mol. The highest BCUT2D eigenvalue weighted by Gasteiger charge is 2.38. The molecule has 0 spiro atoms. The Kier molecular flexibility index (Phi) is 3.97. The summed E-state index contributed by atoms with van der Waals surface area (Å²) in [6, 6.07) is 11.8. The first kappa shape index (κ1) is 15.1. The maximum Gasteiger partial charge on any atom is 0.249 e. The molecule has 1 aliphatic rings. The summed E-state index contributed by atoms with van der Waals surface area (Å²) in [5, 5.41) is 0. The predicted molar refractivity (Wildman–Crippen MR) is 78.7 cm³/mol. The van der Waals surface area contributed by atoms with Gasteiger partial charge in [-0.25, -0.2) is 17.2 Å². The van der Waals surface area contributed by atoms with Gasteiger partial charge in [0.1, 0.15) is 11.6 Å². The minimum atomic E-state index is -4.21. The number of rotatable bonds is 3. The van der Waals surface area contributed by atoms with Crippen molar-refractivity contribution in [2.24, 2.45) is 0 Å². The van der Waals surface area contributed by atoms with Gasteiger partial charge < -0.3 is 0 Å². The lowest BCUT2D eigenvalue weighted by Crippen LogP contribution is -2.32. The Hall–Kier alpha value is -1.79. The van der Waals surface area contributed by atoms with Gasteiger partial charge in [-0.05, 0) is 30.5 Å². The standard InChI is InChI=1S/C16H15F2NO2S/c17-13-8-4-9-14(18)16(13)22(20,21)19-11-5-10-15(19)12-6-2-1-3-7-12/h1-4,6-9,15H,5,10-11H2. The lowest BCUT2D eigenvalue weighted by atomic mass is 10.1. The molecule has 1 saturated heterocycles. The van der Waals surface area contributed by atoms with Crippen molar-refractivity contribution in [1.82, 2.24) is 4.31 Å². The van der Waals surface area contributed by atoms with Gasteiger partial charge in [-0.3, -0.25) is 0 Å².